The third-order valence-corrected chi connectivity index (χ3v) is 4.93. The lowest BCUT2D eigenvalue weighted by Gasteiger charge is -2.24. The van der Waals surface area contributed by atoms with Crippen molar-refractivity contribution in [1.82, 2.24) is 24.8 Å². The fourth-order valence-corrected chi connectivity index (χ4v) is 3.55. The molecule has 0 bridgehead atoms. The molecule has 8 nitrogen and oxygen atoms in total. The van der Waals surface area contributed by atoms with E-state index in [0.29, 0.717) is 24.8 Å². The van der Waals surface area contributed by atoms with Gasteiger partial charge in [0.25, 0.3) is 0 Å². The first-order chi connectivity index (χ1) is 13.2. The molecule has 0 saturated carbocycles. The number of aryl methyl sites for hydroxylation is 2. The van der Waals surface area contributed by atoms with Crippen molar-refractivity contribution in [3.63, 3.8) is 0 Å². The standard InChI is InChI=1S/C20H25N5O3/c1-12-15-7-6-13(10-16(15)24(5)22-12)17-21-18(28-23-17)14-8-9-25(11-14)19(26)27-20(2,3)4/h6-7,10,14H,8-9,11H2,1-5H3/t14-/m1/s1. The number of ether oxygens (including phenoxy) is 1. The second kappa shape index (κ2) is 6.61. The first-order valence-corrected chi connectivity index (χ1v) is 9.46. The minimum Gasteiger partial charge on any atom is -0.444 e. The molecule has 0 aliphatic carbocycles. The summed E-state index contributed by atoms with van der Waals surface area (Å²) in [5, 5.41) is 9.71. The van der Waals surface area contributed by atoms with E-state index in [4.69, 9.17) is 9.26 Å². The van der Waals surface area contributed by atoms with E-state index in [1.807, 2.05) is 57.6 Å². The summed E-state index contributed by atoms with van der Waals surface area (Å²) in [5.41, 5.74) is 2.40. The van der Waals surface area contributed by atoms with Gasteiger partial charge < -0.3 is 14.2 Å². The van der Waals surface area contributed by atoms with E-state index in [0.717, 1.165) is 28.6 Å². The summed E-state index contributed by atoms with van der Waals surface area (Å²) in [6, 6.07) is 6.03. The van der Waals surface area contributed by atoms with Crippen LogP contribution < -0.4 is 0 Å². The lowest BCUT2D eigenvalue weighted by molar-refractivity contribution is 0.0291. The molecule has 1 aliphatic rings. The van der Waals surface area contributed by atoms with Gasteiger partial charge in [-0.25, -0.2) is 4.79 Å². The normalized spacial score (nSPS) is 17.5. The maximum absolute atomic E-state index is 12.3. The molecule has 8 heteroatoms. The van der Waals surface area contributed by atoms with Crippen molar-refractivity contribution in [2.45, 2.75) is 45.6 Å². The van der Waals surface area contributed by atoms with E-state index in [2.05, 4.69) is 15.2 Å². The number of carbonyl (C=O) groups is 1. The molecular weight excluding hydrogens is 358 g/mol. The van der Waals surface area contributed by atoms with E-state index in [1.165, 1.54) is 0 Å². The molecule has 1 aliphatic heterocycles. The van der Waals surface area contributed by atoms with Gasteiger partial charge in [0.05, 0.1) is 17.1 Å². The Morgan fingerprint density at radius 1 is 1.32 bits per heavy atom. The number of aromatic nitrogens is 4. The third kappa shape index (κ3) is 3.46. The minimum absolute atomic E-state index is 0.0245. The van der Waals surface area contributed by atoms with Gasteiger partial charge in [0, 0.05) is 31.1 Å². The second-order valence-electron chi connectivity index (χ2n) is 8.31. The molecule has 1 atom stereocenters. The van der Waals surface area contributed by atoms with Crippen LogP contribution in [0.1, 0.15) is 44.7 Å². The van der Waals surface area contributed by atoms with Crippen LogP contribution in [0.2, 0.25) is 0 Å². The van der Waals surface area contributed by atoms with E-state index in [9.17, 15) is 4.79 Å². The predicted molar refractivity (Wildman–Crippen MR) is 104 cm³/mol. The number of likely N-dealkylation sites (tertiary alicyclic amines) is 1. The topological polar surface area (TPSA) is 86.3 Å². The molecule has 0 unspecified atom stereocenters. The zero-order valence-corrected chi connectivity index (χ0v) is 16.9. The summed E-state index contributed by atoms with van der Waals surface area (Å²) < 4.78 is 12.8. The van der Waals surface area contributed by atoms with Crippen LogP contribution in [0.25, 0.3) is 22.3 Å². The average molecular weight is 383 g/mol. The van der Waals surface area contributed by atoms with Crippen LogP contribution in [0.15, 0.2) is 22.7 Å². The zero-order chi connectivity index (χ0) is 20.1. The molecule has 0 N–H and O–H groups in total. The Morgan fingerprint density at radius 2 is 2.11 bits per heavy atom. The van der Waals surface area contributed by atoms with Crippen LogP contribution in [0.5, 0.6) is 0 Å². The minimum atomic E-state index is -0.504. The van der Waals surface area contributed by atoms with Crippen molar-refractivity contribution in [2.24, 2.45) is 7.05 Å². The second-order valence-corrected chi connectivity index (χ2v) is 8.31. The number of hydrogen-bond donors (Lipinski definition) is 0. The Hall–Kier alpha value is -2.90. The highest BCUT2D eigenvalue weighted by molar-refractivity contribution is 5.85. The monoisotopic (exact) mass is 383 g/mol. The maximum Gasteiger partial charge on any atom is 0.410 e. The Labute approximate surface area is 163 Å². The Kier molecular flexibility index (Phi) is 4.36. The fraction of sp³-hybridized carbons (Fsp3) is 0.500. The van der Waals surface area contributed by atoms with Gasteiger partial charge in [-0.2, -0.15) is 10.1 Å². The van der Waals surface area contributed by atoms with Gasteiger partial charge in [-0.15, -0.1) is 0 Å². The number of nitrogens with zero attached hydrogens (tertiary/aromatic N) is 5. The summed E-state index contributed by atoms with van der Waals surface area (Å²) in [5.74, 6) is 1.13. The number of carbonyl (C=O) groups excluding carboxylic acids is 1. The Balaban J connectivity index is 1.51. The molecule has 2 aromatic heterocycles. The molecule has 4 rings (SSSR count). The quantitative estimate of drug-likeness (QED) is 0.671. The number of fused-ring (bicyclic) bond motifs is 1. The average Bonchev–Trinajstić information content (AvgIpc) is 3.33. The molecule has 28 heavy (non-hydrogen) atoms. The lowest BCUT2D eigenvalue weighted by atomic mass is 10.1. The van der Waals surface area contributed by atoms with Crippen molar-refractivity contribution in [2.75, 3.05) is 13.1 Å². The number of benzene rings is 1. The summed E-state index contributed by atoms with van der Waals surface area (Å²) in [7, 11) is 1.92. The van der Waals surface area contributed by atoms with Crippen molar-refractivity contribution in [3.05, 3.63) is 29.8 Å². The first kappa shape index (κ1) is 18.5. The number of hydrogen-bond acceptors (Lipinski definition) is 6. The molecule has 3 heterocycles. The summed E-state index contributed by atoms with van der Waals surface area (Å²) in [4.78, 5) is 18.5. The van der Waals surface area contributed by atoms with Crippen LogP contribution in [0, 0.1) is 6.92 Å². The smallest absolute Gasteiger partial charge is 0.410 e. The molecule has 1 saturated heterocycles. The summed E-state index contributed by atoms with van der Waals surface area (Å²) in [6.45, 7) is 8.73. The highest BCUT2D eigenvalue weighted by Gasteiger charge is 2.33. The van der Waals surface area contributed by atoms with Crippen LogP contribution in [-0.2, 0) is 11.8 Å². The molecule has 148 valence electrons. The van der Waals surface area contributed by atoms with E-state index >= 15 is 0 Å². The van der Waals surface area contributed by atoms with E-state index < -0.39 is 5.60 Å². The molecule has 1 amide bonds. The molecule has 3 aromatic rings. The van der Waals surface area contributed by atoms with Gasteiger partial charge in [-0.3, -0.25) is 4.68 Å². The lowest BCUT2D eigenvalue weighted by Crippen LogP contribution is -2.35. The van der Waals surface area contributed by atoms with Gasteiger partial charge in [0.15, 0.2) is 0 Å². The van der Waals surface area contributed by atoms with Crippen LogP contribution >= 0.6 is 0 Å². The van der Waals surface area contributed by atoms with Crippen LogP contribution in [0.3, 0.4) is 0 Å². The van der Waals surface area contributed by atoms with Crippen molar-refractivity contribution in [1.29, 1.82) is 0 Å². The van der Waals surface area contributed by atoms with E-state index in [1.54, 1.807) is 4.90 Å². The van der Waals surface area contributed by atoms with E-state index in [-0.39, 0.29) is 12.0 Å². The Bertz CT molecular complexity index is 1030. The SMILES string of the molecule is Cc1nn(C)c2cc(-c3noc([C@@H]4CCN(C(=O)OC(C)(C)C)C4)n3)ccc12. The van der Waals surface area contributed by atoms with Crippen molar-refractivity contribution >= 4 is 17.0 Å². The van der Waals surface area contributed by atoms with Crippen LogP contribution in [0.4, 0.5) is 4.79 Å². The number of amides is 1. The van der Waals surface area contributed by atoms with Gasteiger partial charge in [-0.1, -0.05) is 17.3 Å². The highest BCUT2D eigenvalue weighted by atomic mass is 16.6. The third-order valence-electron chi connectivity index (χ3n) is 4.93. The first-order valence-electron chi connectivity index (χ1n) is 9.46. The molecule has 1 fully saturated rings. The zero-order valence-electron chi connectivity index (χ0n) is 16.9. The van der Waals surface area contributed by atoms with Gasteiger partial charge in [0.1, 0.15) is 5.60 Å². The van der Waals surface area contributed by atoms with Crippen molar-refractivity contribution < 1.29 is 14.1 Å². The van der Waals surface area contributed by atoms with Crippen molar-refractivity contribution in [3.8, 4) is 11.4 Å². The molecular formula is C20H25N5O3. The summed E-state index contributed by atoms with van der Waals surface area (Å²) in [6.07, 6.45) is 0.479. The van der Waals surface area contributed by atoms with Gasteiger partial charge in [0.2, 0.25) is 11.7 Å². The van der Waals surface area contributed by atoms with Crippen LogP contribution in [-0.4, -0.2) is 49.6 Å². The number of rotatable bonds is 2. The van der Waals surface area contributed by atoms with Gasteiger partial charge >= 0.3 is 6.09 Å². The Morgan fingerprint density at radius 3 is 2.86 bits per heavy atom. The maximum atomic E-state index is 12.3. The highest BCUT2D eigenvalue weighted by Crippen LogP contribution is 2.30. The summed E-state index contributed by atoms with van der Waals surface area (Å²) >= 11 is 0. The molecule has 0 spiro atoms. The molecule has 1 aromatic carbocycles. The predicted octanol–water partition coefficient (Wildman–Crippen LogP) is 3.66. The molecule has 0 radical (unpaired) electrons. The fourth-order valence-electron chi connectivity index (χ4n) is 3.55. The largest absolute Gasteiger partial charge is 0.444 e. The van der Waals surface area contributed by atoms with Gasteiger partial charge in [-0.05, 0) is 40.2 Å².